The predicted octanol–water partition coefficient (Wildman–Crippen LogP) is 2.89. The summed E-state index contributed by atoms with van der Waals surface area (Å²) in [5.74, 6) is 1.16. The second kappa shape index (κ2) is 6.39. The number of carbonyl (C=O) groups excluding carboxylic acids is 2. The van der Waals surface area contributed by atoms with E-state index in [4.69, 9.17) is 0 Å². The van der Waals surface area contributed by atoms with E-state index in [0.717, 1.165) is 49.2 Å². The van der Waals surface area contributed by atoms with Crippen molar-refractivity contribution in [2.45, 2.75) is 38.6 Å². The summed E-state index contributed by atoms with van der Waals surface area (Å²) in [6.07, 6.45) is 7.35. The largest absolute Gasteiger partial charge is 0.342 e. The number of fused-ring (bicyclic) bond motifs is 1. The fourth-order valence-corrected chi connectivity index (χ4v) is 4.93. The van der Waals surface area contributed by atoms with Gasteiger partial charge in [-0.25, -0.2) is 0 Å². The van der Waals surface area contributed by atoms with Crippen molar-refractivity contribution in [1.29, 1.82) is 0 Å². The van der Waals surface area contributed by atoms with Crippen molar-refractivity contribution in [3.05, 3.63) is 36.5 Å². The third kappa shape index (κ3) is 3.03. The molecule has 2 aliphatic heterocycles. The van der Waals surface area contributed by atoms with E-state index in [1.54, 1.807) is 0 Å². The minimum atomic E-state index is -0.318. The Morgan fingerprint density at radius 1 is 1.11 bits per heavy atom. The van der Waals surface area contributed by atoms with Gasteiger partial charge in [-0.2, -0.15) is 0 Å². The molecular formula is C22H27N3O2. The minimum absolute atomic E-state index is 0.125. The molecule has 2 saturated heterocycles. The van der Waals surface area contributed by atoms with Gasteiger partial charge in [0.05, 0.1) is 5.41 Å². The maximum atomic E-state index is 13.2. The van der Waals surface area contributed by atoms with Crippen LogP contribution in [0.1, 0.15) is 32.1 Å². The highest BCUT2D eigenvalue weighted by Crippen LogP contribution is 2.41. The topological polar surface area (TPSA) is 45.6 Å². The lowest BCUT2D eigenvalue weighted by Gasteiger charge is -2.39. The first-order valence-electron chi connectivity index (χ1n) is 10.3. The van der Waals surface area contributed by atoms with Gasteiger partial charge in [-0.3, -0.25) is 9.59 Å². The van der Waals surface area contributed by atoms with E-state index >= 15 is 0 Å². The normalized spacial score (nSPS) is 25.7. The SMILES string of the molecule is O=C(Cn1ccc2ccccc21)N1CC[C@@]2(CCCN(CC3CC3)C2=O)C1. The molecule has 2 aromatic rings. The molecule has 3 heterocycles. The second-order valence-corrected chi connectivity index (χ2v) is 8.65. The molecule has 3 aliphatic rings. The number of para-hydroxylation sites is 1. The molecule has 1 aromatic carbocycles. The lowest BCUT2D eigenvalue weighted by Crippen LogP contribution is -2.51. The summed E-state index contributed by atoms with van der Waals surface area (Å²) in [7, 11) is 0. The number of rotatable bonds is 4. The third-order valence-corrected chi connectivity index (χ3v) is 6.69. The number of piperidine rings is 1. The summed E-state index contributed by atoms with van der Waals surface area (Å²) < 4.78 is 2.02. The number of hydrogen-bond acceptors (Lipinski definition) is 2. The molecule has 1 aliphatic carbocycles. The van der Waals surface area contributed by atoms with Crippen molar-refractivity contribution in [3.63, 3.8) is 0 Å². The summed E-state index contributed by atoms with van der Waals surface area (Å²) in [6.45, 7) is 3.50. The first kappa shape index (κ1) is 16.8. The molecule has 1 atom stereocenters. The Kier molecular flexibility index (Phi) is 3.99. The van der Waals surface area contributed by atoms with Crippen molar-refractivity contribution >= 4 is 22.7 Å². The Balaban J connectivity index is 1.28. The third-order valence-electron chi connectivity index (χ3n) is 6.69. The van der Waals surface area contributed by atoms with Crippen LogP contribution >= 0.6 is 0 Å². The van der Waals surface area contributed by atoms with Gasteiger partial charge in [-0.1, -0.05) is 18.2 Å². The van der Waals surface area contributed by atoms with Gasteiger partial charge in [-0.15, -0.1) is 0 Å². The predicted molar refractivity (Wildman–Crippen MR) is 104 cm³/mol. The van der Waals surface area contributed by atoms with Crippen LogP contribution in [0.25, 0.3) is 10.9 Å². The summed E-state index contributed by atoms with van der Waals surface area (Å²) in [4.78, 5) is 30.1. The molecular weight excluding hydrogens is 338 g/mol. The highest BCUT2D eigenvalue weighted by molar-refractivity contribution is 5.87. The van der Waals surface area contributed by atoms with Gasteiger partial charge < -0.3 is 14.4 Å². The number of carbonyl (C=O) groups is 2. The highest BCUT2D eigenvalue weighted by Gasteiger charge is 2.49. The van der Waals surface area contributed by atoms with E-state index in [1.165, 1.54) is 12.8 Å². The quantitative estimate of drug-likeness (QED) is 0.836. The lowest BCUT2D eigenvalue weighted by molar-refractivity contribution is -0.146. The van der Waals surface area contributed by atoms with Crippen LogP contribution in [0.5, 0.6) is 0 Å². The first-order valence-corrected chi connectivity index (χ1v) is 10.3. The van der Waals surface area contributed by atoms with E-state index in [2.05, 4.69) is 23.1 Å². The number of amides is 2. The van der Waals surface area contributed by atoms with Gasteiger partial charge in [-0.05, 0) is 55.5 Å². The zero-order valence-electron chi connectivity index (χ0n) is 15.8. The van der Waals surface area contributed by atoms with Crippen molar-refractivity contribution in [2.24, 2.45) is 11.3 Å². The fourth-order valence-electron chi connectivity index (χ4n) is 4.93. The number of hydrogen-bond donors (Lipinski definition) is 0. The molecule has 0 N–H and O–H groups in total. The van der Waals surface area contributed by atoms with Gasteiger partial charge in [0, 0.05) is 37.9 Å². The van der Waals surface area contributed by atoms with Crippen LogP contribution in [0.2, 0.25) is 0 Å². The summed E-state index contributed by atoms with van der Waals surface area (Å²) in [5, 5.41) is 1.15. The van der Waals surface area contributed by atoms with Crippen molar-refractivity contribution in [1.82, 2.24) is 14.4 Å². The number of aromatic nitrogens is 1. The zero-order valence-corrected chi connectivity index (χ0v) is 15.8. The van der Waals surface area contributed by atoms with Crippen molar-refractivity contribution < 1.29 is 9.59 Å². The van der Waals surface area contributed by atoms with Gasteiger partial charge in [0.1, 0.15) is 6.54 Å². The molecule has 0 radical (unpaired) electrons. The maximum absolute atomic E-state index is 13.2. The zero-order chi connectivity index (χ0) is 18.4. The molecule has 3 fully saturated rings. The number of likely N-dealkylation sites (tertiary alicyclic amines) is 2. The maximum Gasteiger partial charge on any atom is 0.242 e. The Morgan fingerprint density at radius 3 is 2.81 bits per heavy atom. The summed E-state index contributed by atoms with van der Waals surface area (Å²) >= 11 is 0. The number of nitrogens with zero attached hydrogens (tertiary/aromatic N) is 3. The molecule has 0 bridgehead atoms. The minimum Gasteiger partial charge on any atom is -0.342 e. The van der Waals surface area contributed by atoms with Gasteiger partial charge in [0.25, 0.3) is 0 Å². The molecule has 1 saturated carbocycles. The van der Waals surface area contributed by atoms with E-state index in [0.29, 0.717) is 25.5 Å². The van der Waals surface area contributed by atoms with Crippen molar-refractivity contribution in [3.8, 4) is 0 Å². The summed E-state index contributed by atoms with van der Waals surface area (Å²) in [5.41, 5.74) is 0.769. The molecule has 5 heteroatoms. The van der Waals surface area contributed by atoms with Crippen LogP contribution in [0.4, 0.5) is 0 Å². The van der Waals surface area contributed by atoms with Crippen LogP contribution in [0.15, 0.2) is 36.5 Å². The Hall–Kier alpha value is -2.30. The molecule has 27 heavy (non-hydrogen) atoms. The van der Waals surface area contributed by atoms with E-state index in [9.17, 15) is 9.59 Å². The molecule has 1 aromatic heterocycles. The van der Waals surface area contributed by atoms with Crippen LogP contribution in [-0.2, 0) is 16.1 Å². The second-order valence-electron chi connectivity index (χ2n) is 8.65. The molecule has 142 valence electrons. The van der Waals surface area contributed by atoms with E-state index in [-0.39, 0.29) is 11.3 Å². The van der Waals surface area contributed by atoms with E-state index < -0.39 is 0 Å². The first-order chi connectivity index (χ1) is 13.1. The molecule has 2 amide bonds. The average Bonchev–Trinajstić information content (AvgIpc) is 3.25. The lowest BCUT2D eigenvalue weighted by atomic mass is 9.78. The average molecular weight is 365 g/mol. The molecule has 5 rings (SSSR count). The standard InChI is InChI=1S/C22H27N3O2/c26-20(15-23-12-8-18-4-1-2-5-19(18)23)25-13-10-22(16-25)9-3-11-24(21(22)27)14-17-6-7-17/h1-2,4-5,8,12,17H,3,6-7,9-11,13-16H2/t22-/m0/s1. The van der Waals surface area contributed by atoms with E-state index in [1.807, 2.05) is 27.8 Å². The van der Waals surface area contributed by atoms with Crippen LogP contribution < -0.4 is 0 Å². The van der Waals surface area contributed by atoms with Crippen LogP contribution in [-0.4, -0.2) is 52.4 Å². The van der Waals surface area contributed by atoms with Crippen LogP contribution in [0, 0.1) is 11.3 Å². The number of benzene rings is 1. The van der Waals surface area contributed by atoms with Crippen molar-refractivity contribution in [2.75, 3.05) is 26.2 Å². The van der Waals surface area contributed by atoms with Gasteiger partial charge in [0.2, 0.25) is 11.8 Å². The van der Waals surface area contributed by atoms with Gasteiger partial charge in [0.15, 0.2) is 0 Å². The Bertz CT molecular complexity index is 885. The molecule has 5 nitrogen and oxygen atoms in total. The fraction of sp³-hybridized carbons (Fsp3) is 0.545. The summed E-state index contributed by atoms with van der Waals surface area (Å²) in [6, 6.07) is 10.2. The molecule has 0 unspecified atom stereocenters. The van der Waals surface area contributed by atoms with Gasteiger partial charge >= 0.3 is 0 Å². The van der Waals surface area contributed by atoms with Crippen LogP contribution in [0.3, 0.4) is 0 Å². The smallest absolute Gasteiger partial charge is 0.242 e. The Labute approximate surface area is 159 Å². The Morgan fingerprint density at radius 2 is 1.96 bits per heavy atom. The monoisotopic (exact) mass is 365 g/mol. The highest BCUT2D eigenvalue weighted by atomic mass is 16.2. The molecule has 1 spiro atoms.